The molecule has 3 aromatic rings. The van der Waals surface area contributed by atoms with Crippen molar-refractivity contribution in [1.29, 1.82) is 0 Å². The second-order valence-electron chi connectivity index (χ2n) is 8.03. The van der Waals surface area contributed by atoms with Gasteiger partial charge in [-0.15, -0.1) is 0 Å². The summed E-state index contributed by atoms with van der Waals surface area (Å²) in [7, 11) is 3.66. The summed E-state index contributed by atoms with van der Waals surface area (Å²) in [5.41, 5.74) is 9.36. The fourth-order valence-electron chi connectivity index (χ4n) is 3.65. The van der Waals surface area contributed by atoms with Crippen LogP contribution in [0.3, 0.4) is 0 Å². The van der Waals surface area contributed by atoms with E-state index in [1.807, 2.05) is 59.5 Å². The third-order valence-corrected chi connectivity index (χ3v) is 5.59. The maximum atomic E-state index is 12.6. The van der Waals surface area contributed by atoms with Crippen LogP contribution in [0.4, 0.5) is 22.0 Å². The van der Waals surface area contributed by atoms with Gasteiger partial charge in [-0.05, 0) is 49.0 Å². The number of nitrogens with two attached hydrogens (primary N) is 1. The first kappa shape index (κ1) is 23.1. The molecule has 0 spiro atoms. The van der Waals surface area contributed by atoms with Crippen molar-refractivity contribution in [2.75, 3.05) is 51.0 Å². The van der Waals surface area contributed by atoms with E-state index in [2.05, 4.69) is 32.6 Å². The molecular formula is C25H29N7O2. The second-order valence-corrected chi connectivity index (χ2v) is 8.03. The molecule has 9 heteroatoms. The zero-order valence-electron chi connectivity index (χ0n) is 19.4. The number of hydrogen-bond acceptors (Lipinski definition) is 5. The summed E-state index contributed by atoms with van der Waals surface area (Å²) < 4.78 is 5.31. The molecule has 0 saturated carbocycles. The Morgan fingerprint density at radius 3 is 2.53 bits per heavy atom. The lowest BCUT2D eigenvalue weighted by atomic mass is 10.1. The summed E-state index contributed by atoms with van der Waals surface area (Å²) >= 11 is 0. The quantitative estimate of drug-likeness (QED) is 0.398. The molecule has 1 saturated heterocycles. The Kier molecular flexibility index (Phi) is 7.24. The molecule has 2 aromatic carbocycles. The zero-order chi connectivity index (χ0) is 23.9. The van der Waals surface area contributed by atoms with Crippen molar-refractivity contribution in [3.63, 3.8) is 0 Å². The van der Waals surface area contributed by atoms with Crippen molar-refractivity contribution in [3.8, 4) is 16.9 Å². The van der Waals surface area contributed by atoms with Gasteiger partial charge < -0.3 is 30.9 Å². The average molecular weight is 460 g/mol. The highest BCUT2D eigenvalue weighted by atomic mass is 16.5. The number of carbonyl (C=O) groups is 1. The highest BCUT2D eigenvalue weighted by Crippen LogP contribution is 2.25. The van der Waals surface area contributed by atoms with Crippen molar-refractivity contribution in [3.05, 3.63) is 66.9 Å². The van der Waals surface area contributed by atoms with Gasteiger partial charge in [0, 0.05) is 43.6 Å². The summed E-state index contributed by atoms with van der Waals surface area (Å²) in [5, 5.41) is 6.02. The van der Waals surface area contributed by atoms with E-state index in [1.165, 1.54) is 0 Å². The van der Waals surface area contributed by atoms with E-state index in [1.54, 1.807) is 19.4 Å². The molecule has 2 heterocycles. The first-order valence-corrected chi connectivity index (χ1v) is 11.1. The number of hydrogen-bond donors (Lipinski definition) is 3. The topological polar surface area (TPSA) is 108 Å². The molecule has 1 fully saturated rings. The number of nitrogens with zero attached hydrogens (tertiary/aromatic N) is 4. The second kappa shape index (κ2) is 10.7. The Labute approximate surface area is 199 Å². The number of nitrogens with one attached hydrogen (secondary N) is 2. The first-order chi connectivity index (χ1) is 16.5. The Hall–Kier alpha value is -4.11. The van der Waals surface area contributed by atoms with Crippen LogP contribution in [0, 0.1) is 0 Å². The number of piperazine rings is 1. The number of aliphatic imine (C=N–C) groups is 1. The fraction of sp³-hybridized carbons (Fsp3) is 0.240. The smallest absolute Gasteiger partial charge is 0.321 e. The van der Waals surface area contributed by atoms with Crippen molar-refractivity contribution in [2.24, 2.45) is 10.7 Å². The molecule has 1 aliphatic heterocycles. The van der Waals surface area contributed by atoms with Crippen molar-refractivity contribution in [1.82, 2.24) is 14.8 Å². The van der Waals surface area contributed by atoms with Crippen molar-refractivity contribution in [2.45, 2.75) is 0 Å². The Morgan fingerprint density at radius 1 is 1.00 bits per heavy atom. The van der Waals surface area contributed by atoms with Gasteiger partial charge >= 0.3 is 6.03 Å². The van der Waals surface area contributed by atoms with E-state index in [9.17, 15) is 4.79 Å². The normalized spacial score (nSPS) is 14.5. The molecule has 4 N–H and O–H groups in total. The van der Waals surface area contributed by atoms with Crippen LogP contribution in [0.25, 0.3) is 11.1 Å². The zero-order valence-corrected chi connectivity index (χ0v) is 19.4. The van der Waals surface area contributed by atoms with E-state index in [0.717, 1.165) is 48.7 Å². The monoisotopic (exact) mass is 459 g/mol. The predicted octanol–water partition coefficient (Wildman–Crippen LogP) is 3.59. The summed E-state index contributed by atoms with van der Waals surface area (Å²) in [6.07, 6.45) is 1.73. The number of para-hydroxylation sites is 2. The summed E-state index contributed by atoms with van der Waals surface area (Å²) in [4.78, 5) is 25.4. The maximum absolute atomic E-state index is 12.6. The predicted molar refractivity (Wildman–Crippen MR) is 136 cm³/mol. The van der Waals surface area contributed by atoms with Gasteiger partial charge in [0.2, 0.25) is 0 Å². The Morgan fingerprint density at radius 2 is 1.79 bits per heavy atom. The van der Waals surface area contributed by atoms with Crippen molar-refractivity contribution < 1.29 is 9.53 Å². The molecule has 9 nitrogen and oxygen atoms in total. The highest BCUT2D eigenvalue weighted by molar-refractivity contribution is 5.95. The summed E-state index contributed by atoms with van der Waals surface area (Å²) in [6, 6.07) is 18.8. The number of amides is 2. The summed E-state index contributed by atoms with van der Waals surface area (Å²) in [5.74, 6) is 1.35. The highest BCUT2D eigenvalue weighted by Gasteiger charge is 2.19. The molecular weight excluding hydrogens is 430 g/mol. The number of guanidine groups is 1. The van der Waals surface area contributed by atoms with Crippen LogP contribution in [0.1, 0.15) is 0 Å². The SMILES string of the molecule is COc1ccccc1NC(N)=Nc1ccc(-c2cccc(NC(=O)N3CCN(C)CC3)c2)cn1. The minimum Gasteiger partial charge on any atom is -0.495 e. The number of carbonyl (C=O) groups excluding carboxylic acids is 1. The number of benzene rings is 2. The minimum absolute atomic E-state index is 0.0777. The van der Waals surface area contributed by atoms with Gasteiger partial charge in [-0.2, -0.15) is 4.99 Å². The molecule has 4 rings (SSSR count). The molecule has 0 radical (unpaired) electrons. The van der Waals surface area contributed by atoms with Gasteiger partial charge in [0.05, 0.1) is 12.8 Å². The molecule has 2 amide bonds. The lowest BCUT2D eigenvalue weighted by Crippen LogP contribution is -2.48. The van der Waals surface area contributed by atoms with E-state index >= 15 is 0 Å². The molecule has 0 unspecified atom stereocenters. The number of pyridine rings is 1. The van der Waals surface area contributed by atoms with Crippen LogP contribution in [0.5, 0.6) is 5.75 Å². The number of anilines is 2. The van der Waals surface area contributed by atoms with Gasteiger partial charge in [-0.1, -0.05) is 24.3 Å². The van der Waals surface area contributed by atoms with Crippen LogP contribution in [-0.2, 0) is 0 Å². The lowest BCUT2D eigenvalue weighted by molar-refractivity contribution is 0.164. The van der Waals surface area contributed by atoms with E-state index in [4.69, 9.17) is 10.5 Å². The number of rotatable bonds is 5. The Bertz CT molecular complexity index is 1160. The van der Waals surface area contributed by atoms with Gasteiger partial charge in [0.1, 0.15) is 5.75 Å². The number of likely N-dealkylation sites (N-methyl/N-ethyl adjacent to an activating group) is 1. The molecule has 34 heavy (non-hydrogen) atoms. The van der Waals surface area contributed by atoms with Crippen LogP contribution in [-0.4, -0.2) is 67.1 Å². The first-order valence-electron chi connectivity index (χ1n) is 11.1. The minimum atomic E-state index is -0.0777. The molecule has 1 aliphatic rings. The van der Waals surface area contributed by atoms with E-state index in [0.29, 0.717) is 11.6 Å². The molecule has 176 valence electrons. The third-order valence-electron chi connectivity index (χ3n) is 5.59. The van der Waals surface area contributed by atoms with Gasteiger partial charge in [-0.3, -0.25) is 0 Å². The van der Waals surface area contributed by atoms with Crippen LogP contribution in [0.2, 0.25) is 0 Å². The van der Waals surface area contributed by atoms with E-state index in [-0.39, 0.29) is 12.0 Å². The number of methoxy groups -OCH3 is 1. The molecule has 1 aromatic heterocycles. The Balaban J connectivity index is 1.41. The molecule has 0 aliphatic carbocycles. The largest absolute Gasteiger partial charge is 0.495 e. The van der Waals surface area contributed by atoms with Gasteiger partial charge in [-0.25, -0.2) is 9.78 Å². The van der Waals surface area contributed by atoms with E-state index < -0.39 is 0 Å². The van der Waals surface area contributed by atoms with Gasteiger partial charge in [0.15, 0.2) is 11.8 Å². The third kappa shape index (κ3) is 5.81. The summed E-state index contributed by atoms with van der Waals surface area (Å²) in [6.45, 7) is 3.21. The lowest BCUT2D eigenvalue weighted by Gasteiger charge is -2.32. The molecule has 0 bridgehead atoms. The number of ether oxygens (including phenoxy) is 1. The number of aromatic nitrogens is 1. The van der Waals surface area contributed by atoms with Gasteiger partial charge in [0.25, 0.3) is 0 Å². The van der Waals surface area contributed by atoms with Crippen LogP contribution < -0.4 is 21.1 Å². The fourth-order valence-corrected chi connectivity index (χ4v) is 3.65. The molecule has 0 atom stereocenters. The van der Waals surface area contributed by atoms with Crippen LogP contribution >= 0.6 is 0 Å². The van der Waals surface area contributed by atoms with Crippen molar-refractivity contribution >= 4 is 29.2 Å². The standard InChI is InChI=1S/C25H29N7O2/c1-31-12-14-32(15-13-31)25(33)28-20-7-5-6-18(16-20)19-10-11-23(27-17-19)30-24(26)29-21-8-3-4-9-22(21)34-2/h3-11,16-17H,12-15H2,1-2H3,(H,28,33)(H3,26,27,29,30). The average Bonchev–Trinajstić information content (AvgIpc) is 2.85. The number of urea groups is 1. The maximum Gasteiger partial charge on any atom is 0.321 e. The van der Waals surface area contributed by atoms with Crippen LogP contribution in [0.15, 0.2) is 71.9 Å².